The van der Waals surface area contributed by atoms with Crippen molar-refractivity contribution in [2.75, 3.05) is 7.11 Å². The van der Waals surface area contributed by atoms with Crippen molar-refractivity contribution < 1.29 is 55.0 Å². The third kappa shape index (κ3) is 4.63. The van der Waals surface area contributed by atoms with Gasteiger partial charge in [0.25, 0.3) is 5.60 Å². The lowest BCUT2D eigenvalue weighted by Gasteiger charge is -2.46. The molecule has 1 aliphatic heterocycles. The number of nitro benzene ring substituents is 1. The standard InChI is InChI=1S/C20H15F6NO7/c1-18(20(24,25)26,17-32-16(33-17)10-6-4-3-5-7-10)34-14-9-12(19(21,22)23)11(15(28)31-2)8-13(14)27(29)30/h3-9,16-17H,1-2H3/t16?,17?,18-/m1/s1. The Morgan fingerprint density at radius 3 is 2.12 bits per heavy atom. The van der Waals surface area contributed by atoms with Gasteiger partial charge in [-0.1, -0.05) is 30.3 Å². The molecule has 3 rings (SSSR count). The fraction of sp³-hybridized carbons (Fsp3) is 0.350. The number of nitrogens with zero attached hydrogens (tertiary/aromatic N) is 1. The normalized spacial score (nSPS) is 20.1. The predicted octanol–water partition coefficient (Wildman–Crippen LogP) is 5.17. The van der Waals surface area contributed by atoms with E-state index in [1.165, 1.54) is 12.1 Å². The lowest BCUT2D eigenvalue weighted by Crippen LogP contribution is -2.62. The monoisotopic (exact) mass is 495 g/mol. The highest BCUT2D eigenvalue weighted by Crippen LogP contribution is 2.48. The van der Waals surface area contributed by atoms with Crippen molar-refractivity contribution in [3.05, 3.63) is 69.3 Å². The van der Waals surface area contributed by atoms with E-state index < -0.39 is 64.0 Å². The van der Waals surface area contributed by atoms with E-state index in [1.807, 2.05) is 0 Å². The third-order valence-corrected chi connectivity index (χ3v) is 4.91. The molecule has 0 amide bonds. The van der Waals surface area contributed by atoms with Gasteiger partial charge in [0.15, 0.2) is 12.0 Å². The fourth-order valence-corrected chi connectivity index (χ4v) is 3.04. The number of benzene rings is 2. The van der Waals surface area contributed by atoms with Crippen molar-refractivity contribution >= 4 is 11.7 Å². The molecule has 0 radical (unpaired) electrons. The number of carbonyl (C=O) groups is 1. The van der Waals surface area contributed by atoms with Crippen LogP contribution in [-0.4, -0.2) is 36.1 Å². The number of ether oxygens (including phenoxy) is 4. The molecule has 0 N–H and O–H groups in total. The van der Waals surface area contributed by atoms with E-state index in [-0.39, 0.29) is 12.1 Å². The molecule has 1 fully saturated rings. The minimum absolute atomic E-state index is 0.0677. The van der Waals surface area contributed by atoms with Gasteiger partial charge in [-0.15, -0.1) is 0 Å². The second-order valence-electron chi connectivity index (χ2n) is 7.17. The summed E-state index contributed by atoms with van der Waals surface area (Å²) in [4.78, 5) is 21.9. The number of rotatable bonds is 6. The molecule has 1 saturated heterocycles. The molecule has 1 atom stereocenters. The maximum absolute atomic E-state index is 14.0. The van der Waals surface area contributed by atoms with Gasteiger partial charge in [0, 0.05) is 17.7 Å². The van der Waals surface area contributed by atoms with Crippen molar-refractivity contribution in [2.45, 2.75) is 37.5 Å². The van der Waals surface area contributed by atoms with Crippen molar-refractivity contribution in [1.29, 1.82) is 0 Å². The number of hydrogen-bond acceptors (Lipinski definition) is 7. The van der Waals surface area contributed by atoms with E-state index in [1.54, 1.807) is 18.2 Å². The summed E-state index contributed by atoms with van der Waals surface area (Å²) in [5.74, 6) is -2.99. The summed E-state index contributed by atoms with van der Waals surface area (Å²) in [5.41, 5.74) is -7.50. The van der Waals surface area contributed by atoms with Crippen LogP contribution in [-0.2, 0) is 20.4 Å². The van der Waals surface area contributed by atoms with Crippen LogP contribution in [0.15, 0.2) is 42.5 Å². The van der Waals surface area contributed by atoms with Crippen LogP contribution in [0.25, 0.3) is 0 Å². The van der Waals surface area contributed by atoms with Crippen LogP contribution < -0.4 is 4.74 Å². The molecule has 8 nitrogen and oxygen atoms in total. The molecule has 1 aliphatic rings. The van der Waals surface area contributed by atoms with E-state index in [9.17, 15) is 41.3 Å². The Bertz CT molecular complexity index is 1080. The van der Waals surface area contributed by atoms with E-state index >= 15 is 0 Å². The number of alkyl halides is 6. The first-order valence-corrected chi connectivity index (χ1v) is 9.28. The van der Waals surface area contributed by atoms with Gasteiger partial charge in [0.2, 0.25) is 6.29 Å². The zero-order chi connectivity index (χ0) is 25.5. The molecule has 1 heterocycles. The molecule has 0 bridgehead atoms. The quantitative estimate of drug-likeness (QED) is 0.236. The minimum Gasteiger partial charge on any atom is -0.465 e. The second-order valence-corrected chi connectivity index (χ2v) is 7.17. The van der Waals surface area contributed by atoms with Crippen LogP contribution in [0.5, 0.6) is 5.75 Å². The average molecular weight is 495 g/mol. The van der Waals surface area contributed by atoms with E-state index in [0.717, 1.165) is 7.11 Å². The molecule has 34 heavy (non-hydrogen) atoms. The summed E-state index contributed by atoms with van der Waals surface area (Å²) in [6.45, 7) is 0.407. The zero-order valence-corrected chi connectivity index (χ0v) is 17.3. The Balaban J connectivity index is 2.04. The van der Waals surface area contributed by atoms with Crippen molar-refractivity contribution in [1.82, 2.24) is 0 Å². The Hall–Kier alpha value is -3.39. The summed E-state index contributed by atoms with van der Waals surface area (Å²) < 4.78 is 102. The summed E-state index contributed by atoms with van der Waals surface area (Å²) in [6.07, 6.45) is -14.0. The number of carbonyl (C=O) groups excluding carboxylic acids is 1. The highest BCUT2D eigenvalue weighted by Gasteiger charge is 2.65. The van der Waals surface area contributed by atoms with Gasteiger partial charge in [-0.2, -0.15) is 26.3 Å². The van der Waals surface area contributed by atoms with Crippen LogP contribution in [0.2, 0.25) is 0 Å². The Labute approximate surface area is 187 Å². The van der Waals surface area contributed by atoms with Crippen LogP contribution in [0.1, 0.15) is 34.7 Å². The molecular weight excluding hydrogens is 480 g/mol. The van der Waals surface area contributed by atoms with Gasteiger partial charge >= 0.3 is 24.0 Å². The third-order valence-electron chi connectivity index (χ3n) is 4.91. The van der Waals surface area contributed by atoms with Crippen LogP contribution in [0.3, 0.4) is 0 Å². The van der Waals surface area contributed by atoms with E-state index in [2.05, 4.69) is 4.74 Å². The van der Waals surface area contributed by atoms with Gasteiger partial charge < -0.3 is 18.9 Å². The lowest BCUT2D eigenvalue weighted by molar-refractivity contribution is -0.457. The Morgan fingerprint density at radius 2 is 1.65 bits per heavy atom. The van der Waals surface area contributed by atoms with Crippen molar-refractivity contribution in [3.63, 3.8) is 0 Å². The molecule has 0 spiro atoms. The van der Waals surface area contributed by atoms with Crippen molar-refractivity contribution in [2.24, 2.45) is 0 Å². The molecular formula is C20H15F6NO7. The lowest BCUT2D eigenvalue weighted by atomic mass is 10.0. The van der Waals surface area contributed by atoms with E-state index in [4.69, 9.17) is 14.2 Å². The maximum atomic E-state index is 14.0. The number of hydrogen-bond donors (Lipinski definition) is 0. The molecule has 0 saturated carbocycles. The smallest absolute Gasteiger partial charge is 0.433 e. The first-order valence-electron chi connectivity index (χ1n) is 9.28. The molecule has 0 aromatic heterocycles. The number of nitro groups is 1. The summed E-state index contributed by atoms with van der Waals surface area (Å²) in [5, 5.41) is 11.4. The number of halogens is 6. The minimum atomic E-state index is -5.31. The van der Waals surface area contributed by atoms with Gasteiger partial charge in [-0.25, -0.2) is 4.79 Å². The maximum Gasteiger partial charge on any atom is 0.433 e. The molecule has 14 heteroatoms. The molecule has 2 aromatic rings. The molecule has 0 unspecified atom stereocenters. The highest BCUT2D eigenvalue weighted by atomic mass is 19.4. The first-order chi connectivity index (χ1) is 15.7. The highest BCUT2D eigenvalue weighted by molar-refractivity contribution is 5.92. The average Bonchev–Trinajstić information content (AvgIpc) is 2.71. The SMILES string of the molecule is COC(=O)c1cc([N+](=O)[O-])c(O[C@](C)(C2OC(c3ccccc3)O2)C(F)(F)F)cc1C(F)(F)F. The van der Waals surface area contributed by atoms with Crippen LogP contribution in [0.4, 0.5) is 32.0 Å². The van der Waals surface area contributed by atoms with Crippen LogP contribution >= 0.6 is 0 Å². The molecule has 0 aliphatic carbocycles. The van der Waals surface area contributed by atoms with Crippen molar-refractivity contribution in [3.8, 4) is 5.75 Å². The van der Waals surface area contributed by atoms with Gasteiger partial charge in [0.05, 0.1) is 23.2 Å². The molecule has 184 valence electrons. The van der Waals surface area contributed by atoms with Gasteiger partial charge in [-0.05, 0) is 6.92 Å². The summed E-state index contributed by atoms with van der Waals surface area (Å²) >= 11 is 0. The predicted molar refractivity (Wildman–Crippen MR) is 99.7 cm³/mol. The zero-order valence-electron chi connectivity index (χ0n) is 17.3. The fourth-order valence-electron chi connectivity index (χ4n) is 3.04. The second kappa shape index (κ2) is 8.76. The largest absolute Gasteiger partial charge is 0.465 e. The summed E-state index contributed by atoms with van der Waals surface area (Å²) in [6, 6.07) is 7.84. The Morgan fingerprint density at radius 1 is 1.06 bits per heavy atom. The number of esters is 1. The topological polar surface area (TPSA) is 97.1 Å². The molecule has 2 aromatic carbocycles. The van der Waals surface area contributed by atoms with E-state index in [0.29, 0.717) is 12.5 Å². The first kappa shape index (κ1) is 25.2. The van der Waals surface area contributed by atoms with Gasteiger partial charge in [-0.3, -0.25) is 10.1 Å². The summed E-state index contributed by atoms with van der Waals surface area (Å²) in [7, 11) is 0.730. The Kier molecular flexibility index (Phi) is 6.50. The number of methoxy groups -OCH3 is 1. The van der Waals surface area contributed by atoms with Crippen LogP contribution in [0, 0.1) is 10.1 Å². The van der Waals surface area contributed by atoms with Gasteiger partial charge in [0.1, 0.15) is 0 Å².